The lowest BCUT2D eigenvalue weighted by Gasteiger charge is -2.13. The smallest absolute Gasteiger partial charge is 0.261 e. The molecule has 0 saturated heterocycles. The monoisotopic (exact) mass is 378 g/mol. The van der Waals surface area contributed by atoms with E-state index in [4.69, 9.17) is 0 Å². The molecule has 0 spiro atoms. The van der Waals surface area contributed by atoms with Crippen LogP contribution in [0.2, 0.25) is 0 Å². The van der Waals surface area contributed by atoms with Crippen LogP contribution >= 0.6 is 0 Å². The third-order valence-electron chi connectivity index (χ3n) is 4.17. The highest BCUT2D eigenvalue weighted by molar-refractivity contribution is 7.92. The molecule has 0 fully saturated rings. The Morgan fingerprint density at radius 3 is 2.30 bits per heavy atom. The Hall–Kier alpha value is -3.25. The van der Waals surface area contributed by atoms with Gasteiger partial charge in [0.1, 0.15) is 5.82 Å². The minimum Gasteiger partial charge on any atom is -0.279 e. The van der Waals surface area contributed by atoms with Gasteiger partial charge in [0.25, 0.3) is 10.0 Å². The fourth-order valence-corrected chi connectivity index (χ4v) is 3.91. The van der Waals surface area contributed by atoms with Gasteiger partial charge < -0.3 is 0 Å². The number of fused-ring (bicyclic) bond motifs is 1. The summed E-state index contributed by atoms with van der Waals surface area (Å²) in [6, 6.07) is 23.3. The molecule has 0 bridgehead atoms. The van der Waals surface area contributed by atoms with Crippen LogP contribution in [0.3, 0.4) is 0 Å². The van der Waals surface area contributed by atoms with Crippen molar-refractivity contribution in [3.63, 3.8) is 0 Å². The highest BCUT2D eigenvalue weighted by atomic mass is 32.2. The molecule has 1 heterocycles. The van der Waals surface area contributed by atoms with Crippen LogP contribution in [0.5, 0.6) is 0 Å². The molecular weight excluding hydrogens is 363 g/mol. The second kappa shape index (κ2) is 6.81. The number of aromatic nitrogens is 1. The van der Waals surface area contributed by atoms with Crippen molar-refractivity contribution in [1.29, 1.82) is 0 Å². The van der Waals surface area contributed by atoms with Crippen molar-refractivity contribution in [1.82, 2.24) is 4.98 Å². The summed E-state index contributed by atoms with van der Waals surface area (Å²) in [6.07, 6.45) is 0. The summed E-state index contributed by atoms with van der Waals surface area (Å²) in [5.41, 5.74) is 2.55. The van der Waals surface area contributed by atoms with Crippen LogP contribution in [0.1, 0.15) is 0 Å². The first-order valence-electron chi connectivity index (χ1n) is 8.26. The number of nitrogens with zero attached hydrogens (tertiary/aromatic N) is 1. The van der Waals surface area contributed by atoms with Crippen LogP contribution in [-0.4, -0.2) is 13.4 Å². The molecule has 4 aromatic rings. The van der Waals surface area contributed by atoms with Crippen molar-refractivity contribution in [2.75, 3.05) is 4.72 Å². The number of nitrogens with one attached hydrogen (secondary N) is 1. The minimum absolute atomic E-state index is 0.00910. The summed E-state index contributed by atoms with van der Waals surface area (Å²) >= 11 is 0. The van der Waals surface area contributed by atoms with Gasteiger partial charge in [0.2, 0.25) is 0 Å². The van der Waals surface area contributed by atoms with Gasteiger partial charge in [-0.1, -0.05) is 42.5 Å². The fraction of sp³-hybridized carbons (Fsp3) is 0. The largest absolute Gasteiger partial charge is 0.279 e. The van der Waals surface area contributed by atoms with Gasteiger partial charge in [-0.15, -0.1) is 0 Å². The fourth-order valence-electron chi connectivity index (χ4n) is 2.83. The van der Waals surface area contributed by atoms with E-state index in [1.54, 1.807) is 18.2 Å². The van der Waals surface area contributed by atoms with Crippen LogP contribution in [0.4, 0.5) is 10.1 Å². The number of hydrogen-bond donors (Lipinski definition) is 1. The zero-order chi connectivity index (χ0) is 18.9. The molecule has 4 rings (SSSR count). The molecule has 0 aliphatic carbocycles. The predicted molar refractivity (Wildman–Crippen MR) is 104 cm³/mol. The van der Waals surface area contributed by atoms with Crippen molar-refractivity contribution in [3.05, 3.63) is 90.7 Å². The van der Waals surface area contributed by atoms with Crippen molar-refractivity contribution < 1.29 is 12.8 Å². The van der Waals surface area contributed by atoms with Crippen LogP contribution in [0.15, 0.2) is 89.8 Å². The molecule has 0 saturated carbocycles. The first kappa shape index (κ1) is 17.2. The molecule has 0 radical (unpaired) electrons. The first-order valence-corrected chi connectivity index (χ1v) is 9.75. The highest BCUT2D eigenvalue weighted by Crippen LogP contribution is 2.29. The second-order valence-electron chi connectivity index (χ2n) is 5.99. The summed E-state index contributed by atoms with van der Waals surface area (Å²) in [5.74, 6) is -0.491. The molecule has 0 aliphatic rings. The molecule has 0 unspecified atom stereocenters. The van der Waals surface area contributed by atoms with Crippen molar-refractivity contribution in [2.24, 2.45) is 0 Å². The van der Waals surface area contributed by atoms with Gasteiger partial charge in [0.15, 0.2) is 0 Å². The summed E-state index contributed by atoms with van der Waals surface area (Å²) in [5, 5.41) is 1.01. The predicted octanol–water partition coefficient (Wildman–Crippen LogP) is 4.84. The van der Waals surface area contributed by atoms with E-state index < -0.39 is 15.8 Å². The molecule has 27 heavy (non-hydrogen) atoms. The zero-order valence-electron chi connectivity index (χ0n) is 14.1. The van der Waals surface area contributed by atoms with E-state index in [1.807, 2.05) is 42.5 Å². The van der Waals surface area contributed by atoms with Crippen LogP contribution in [-0.2, 0) is 10.0 Å². The lowest BCUT2D eigenvalue weighted by molar-refractivity contribution is 0.599. The summed E-state index contributed by atoms with van der Waals surface area (Å²) in [4.78, 5) is 4.63. The van der Waals surface area contributed by atoms with Gasteiger partial charge >= 0.3 is 0 Å². The average molecular weight is 378 g/mol. The van der Waals surface area contributed by atoms with E-state index in [9.17, 15) is 12.8 Å². The molecule has 0 atom stereocenters. The van der Waals surface area contributed by atoms with E-state index >= 15 is 0 Å². The Morgan fingerprint density at radius 2 is 1.48 bits per heavy atom. The van der Waals surface area contributed by atoms with Gasteiger partial charge in [0, 0.05) is 10.9 Å². The lowest BCUT2D eigenvalue weighted by Crippen LogP contribution is -2.13. The molecular formula is C21H15FN2O2S. The standard InChI is InChI=1S/C21H15FN2O2S/c22-16-10-12-17(13-11-16)27(25,26)24-21-8-4-2-6-18(21)20-14-9-15-5-1-3-7-19(15)23-20/h1-14,24H. The number of benzene rings is 3. The molecule has 4 nitrogen and oxygen atoms in total. The summed E-state index contributed by atoms with van der Waals surface area (Å²) < 4.78 is 41.0. The Bertz CT molecular complexity index is 1220. The van der Waals surface area contributed by atoms with Gasteiger partial charge in [-0.25, -0.2) is 17.8 Å². The molecule has 1 N–H and O–H groups in total. The SMILES string of the molecule is O=S(=O)(Nc1ccccc1-c1ccc2ccccc2n1)c1ccc(F)cc1. The zero-order valence-corrected chi connectivity index (χ0v) is 14.9. The average Bonchev–Trinajstić information content (AvgIpc) is 2.68. The first-order chi connectivity index (χ1) is 13.0. The number of anilines is 1. The maximum absolute atomic E-state index is 13.1. The molecule has 0 amide bonds. The minimum atomic E-state index is -3.85. The molecule has 1 aromatic heterocycles. The molecule has 3 aromatic carbocycles. The maximum atomic E-state index is 13.1. The number of hydrogen-bond acceptors (Lipinski definition) is 3. The number of halogens is 1. The number of para-hydroxylation sites is 2. The number of pyridine rings is 1. The van der Waals surface area contributed by atoms with Crippen LogP contribution in [0.25, 0.3) is 22.2 Å². The maximum Gasteiger partial charge on any atom is 0.261 e. The Balaban J connectivity index is 1.75. The Morgan fingerprint density at radius 1 is 0.778 bits per heavy atom. The van der Waals surface area contributed by atoms with Gasteiger partial charge in [-0.2, -0.15) is 0 Å². The van der Waals surface area contributed by atoms with Crippen LogP contribution < -0.4 is 4.72 Å². The molecule has 134 valence electrons. The molecule has 0 aliphatic heterocycles. The summed E-state index contributed by atoms with van der Waals surface area (Å²) in [7, 11) is -3.85. The normalized spacial score (nSPS) is 11.4. The number of rotatable bonds is 4. The van der Waals surface area contributed by atoms with Crippen molar-refractivity contribution >= 4 is 26.6 Å². The van der Waals surface area contributed by atoms with Crippen LogP contribution in [0, 0.1) is 5.82 Å². The van der Waals surface area contributed by atoms with Gasteiger partial charge in [-0.3, -0.25) is 4.72 Å². The van der Waals surface area contributed by atoms with Crippen molar-refractivity contribution in [3.8, 4) is 11.3 Å². The van der Waals surface area contributed by atoms with E-state index in [1.165, 1.54) is 12.1 Å². The van der Waals surface area contributed by atoms with Crippen molar-refractivity contribution in [2.45, 2.75) is 4.90 Å². The van der Waals surface area contributed by atoms with E-state index in [0.717, 1.165) is 23.0 Å². The second-order valence-corrected chi connectivity index (χ2v) is 7.68. The van der Waals surface area contributed by atoms with E-state index in [2.05, 4.69) is 9.71 Å². The van der Waals surface area contributed by atoms with E-state index in [0.29, 0.717) is 16.9 Å². The highest BCUT2D eigenvalue weighted by Gasteiger charge is 2.17. The Kier molecular flexibility index (Phi) is 4.33. The van der Waals surface area contributed by atoms with Gasteiger partial charge in [-0.05, 0) is 42.5 Å². The Labute approximate surface area is 156 Å². The quantitative estimate of drug-likeness (QED) is 0.553. The lowest BCUT2D eigenvalue weighted by atomic mass is 10.1. The van der Waals surface area contributed by atoms with Gasteiger partial charge in [0.05, 0.1) is 21.8 Å². The van der Waals surface area contributed by atoms with E-state index in [-0.39, 0.29) is 4.90 Å². The third kappa shape index (κ3) is 3.52. The molecule has 6 heteroatoms. The topological polar surface area (TPSA) is 59.1 Å². The number of sulfonamides is 1. The third-order valence-corrected chi connectivity index (χ3v) is 5.55. The summed E-state index contributed by atoms with van der Waals surface area (Å²) in [6.45, 7) is 0.